The summed E-state index contributed by atoms with van der Waals surface area (Å²) in [6.45, 7) is 7.49. The number of hydrogen-bond donors (Lipinski definition) is 1. The summed E-state index contributed by atoms with van der Waals surface area (Å²) in [7, 11) is 0. The van der Waals surface area contributed by atoms with Gasteiger partial charge in [0.25, 0.3) is 5.91 Å². The molecule has 0 saturated carbocycles. The second kappa shape index (κ2) is 7.80. The molecule has 2 aliphatic rings. The summed E-state index contributed by atoms with van der Waals surface area (Å²) < 4.78 is 0. The molecule has 166 valence electrons. The molecule has 1 fully saturated rings. The maximum atomic E-state index is 13.9. The molecule has 2 amide bonds. The van der Waals surface area contributed by atoms with Crippen LogP contribution in [0.2, 0.25) is 0 Å². The van der Waals surface area contributed by atoms with Crippen molar-refractivity contribution in [2.45, 2.75) is 51.5 Å². The van der Waals surface area contributed by atoms with Crippen LogP contribution in [-0.4, -0.2) is 46.2 Å². The van der Waals surface area contributed by atoms with Crippen LogP contribution in [0.5, 0.6) is 0 Å². The van der Waals surface area contributed by atoms with Crippen molar-refractivity contribution >= 4 is 22.7 Å². The van der Waals surface area contributed by atoms with Gasteiger partial charge in [0, 0.05) is 29.9 Å². The lowest BCUT2D eigenvalue weighted by Gasteiger charge is -2.51. The first-order valence-electron chi connectivity index (χ1n) is 11.7. The second-order valence-electron chi connectivity index (χ2n) is 9.43. The summed E-state index contributed by atoms with van der Waals surface area (Å²) >= 11 is 0. The number of nitrogens with zero attached hydrogens (tertiary/aromatic N) is 2. The third kappa shape index (κ3) is 3.06. The van der Waals surface area contributed by atoms with Crippen LogP contribution in [0.3, 0.4) is 0 Å². The number of H-pyrrole nitrogens is 1. The van der Waals surface area contributed by atoms with Crippen molar-refractivity contribution in [1.29, 1.82) is 0 Å². The number of nitrogens with one attached hydrogen (secondary N) is 1. The van der Waals surface area contributed by atoms with Crippen molar-refractivity contribution in [1.82, 2.24) is 14.8 Å². The van der Waals surface area contributed by atoms with Crippen molar-refractivity contribution in [2.75, 3.05) is 19.6 Å². The number of rotatable bonds is 5. The Morgan fingerprint density at radius 3 is 2.56 bits per heavy atom. The fourth-order valence-corrected chi connectivity index (χ4v) is 5.51. The lowest BCUT2D eigenvalue weighted by atomic mass is 9.76. The van der Waals surface area contributed by atoms with Crippen LogP contribution in [0.1, 0.15) is 61.4 Å². The summed E-state index contributed by atoms with van der Waals surface area (Å²) in [4.78, 5) is 34.4. The quantitative estimate of drug-likeness (QED) is 0.598. The molecule has 0 unspecified atom stereocenters. The number of amides is 2. The molecule has 0 bridgehead atoms. The van der Waals surface area contributed by atoms with E-state index in [1.165, 1.54) is 11.1 Å². The van der Waals surface area contributed by atoms with E-state index in [1.807, 2.05) is 24.0 Å². The number of piperazine rings is 1. The molecule has 5 rings (SSSR count). The molecule has 2 aliphatic heterocycles. The summed E-state index contributed by atoms with van der Waals surface area (Å²) in [6.07, 6.45) is 3.08. The molecular weight excluding hydrogens is 398 g/mol. The van der Waals surface area contributed by atoms with E-state index >= 15 is 0 Å². The highest BCUT2D eigenvalue weighted by atomic mass is 16.2. The van der Waals surface area contributed by atoms with Gasteiger partial charge in [-0.1, -0.05) is 67.8 Å². The zero-order valence-electron chi connectivity index (χ0n) is 19.1. The molecule has 2 aromatic carbocycles. The predicted molar refractivity (Wildman–Crippen MR) is 126 cm³/mol. The molecule has 1 saturated heterocycles. The van der Waals surface area contributed by atoms with Crippen LogP contribution >= 0.6 is 0 Å². The SMILES string of the molecule is CCCCCN1CC(=O)N2C[C@@H](c3ccc(C)cc3)c3c([nH]c4ccccc34)[C@@]2(C)C1=O. The largest absolute Gasteiger partial charge is 0.356 e. The van der Waals surface area contributed by atoms with Crippen LogP contribution < -0.4 is 0 Å². The van der Waals surface area contributed by atoms with Gasteiger partial charge in [-0.3, -0.25) is 9.59 Å². The van der Waals surface area contributed by atoms with Gasteiger partial charge in [-0.15, -0.1) is 0 Å². The average molecular weight is 430 g/mol. The maximum Gasteiger partial charge on any atom is 0.254 e. The number of aromatic nitrogens is 1. The Morgan fingerprint density at radius 1 is 1.06 bits per heavy atom. The van der Waals surface area contributed by atoms with Crippen LogP contribution in [0.25, 0.3) is 10.9 Å². The number of aryl methyl sites for hydroxylation is 1. The fourth-order valence-electron chi connectivity index (χ4n) is 5.51. The number of aromatic amines is 1. The van der Waals surface area contributed by atoms with E-state index in [2.05, 4.69) is 55.2 Å². The number of fused-ring (bicyclic) bond motifs is 5. The van der Waals surface area contributed by atoms with Crippen LogP contribution in [0.4, 0.5) is 0 Å². The van der Waals surface area contributed by atoms with E-state index in [-0.39, 0.29) is 24.3 Å². The molecule has 5 nitrogen and oxygen atoms in total. The third-order valence-electron chi connectivity index (χ3n) is 7.33. The summed E-state index contributed by atoms with van der Waals surface area (Å²) in [6, 6.07) is 16.8. The van der Waals surface area contributed by atoms with Crippen LogP contribution in [0.15, 0.2) is 48.5 Å². The maximum absolute atomic E-state index is 13.9. The lowest BCUT2D eigenvalue weighted by molar-refractivity contribution is -0.166. The Morgan fingerprint density at radius 2 is 1.81 bits per heavy atom. The molecule has 3 heterocycles. The van der Waals surface area contributed by atoms with Crippen molar-refractivity contribution in [3.05, 3.63) is 70.9 Å². The molecule has 1 N–H and O–H groups in total. The average Bonchev–Trinajstić information content (AvgIpc) is 3.19. The molecule has 0 spiro atoms. The number of carbonyl (C=O) groups is 2. The standard InChI is InChI=1S/C27H31N3O2/c1-4-5-8-15-29-17-23(31)30-16-21(19-13-11-18(2)12-14-19)24-20-9-6-7-10-22(20)28-25(24)27(30,3)26(29)32/h6-7,9-14,21,28H,4-5,8,15-17H2,1-3H3/t21-,27-/m0/s1. The third-order valence-corrected chi connectivity index (χ3v) is 7.33. The zero-order chi connectivity index (χ0) is 22.5. The number of benzene rings is 2. The van der Waals surface area contributed by atoms with Gasteiger partial charge in [-0.2, -0.15) is 0 Å². The molecule has 3 aromatic rings. The molecule has 0 aliphatic carbocycles. The predicted octanol–water partition coefficient (Wildman–Crippen LogP) is 4.70. The van der Waals surface area contributed by atoms with Gasteiger partial charge in [-0.05, 0) is 37.5 Å². The highest BCUT2D eigenvalue weighted by Gasteiger charge is 2.56. The number of unbranched alkanes of at least 4 members (excludes halogenated alkanes) is 2. The van der Waals surface area contributed by atoms with E-state index in [9.17, 15) is 9.59 Å². The minimum Gasteiger partial charge on any atom is -0.356 e. The Balaban J connectivity index is 1.67. The molecule has 5 heteroatoms. The van der Waals surface area contributed by atoms with Gasteiger partial charge in [0.2, 0.25) is 5.91 Å². The molecule has 0 radical (unpaired) electrons. The van der Waals surface area contributed by atoms with Gasteiger partial charge in [0.05, 0.1) is 12.2 Å². The first kappa shape index (κ1) is 20.8. The van der Waals surface area contributed by atoms with E-state index in [4.69, 9.17) is 0 Å². The second-order valence-corrected chi connectivity index (χ2v) is 9.43. The van der Waals surface area contributed by atoms with E-state index in [0.29, 0.717) is 13.1 Å². The first-order chi connectivity index (χ1) is 15.4. The van der Waals surface area contributed by atoms with Crippen molar-refractivity contribution < 1.29 is 9.59 Å². The van der Waals surface area contributed by atoms with E-state index in [0.717, 1.165) is 41.4 Å². The van der Waals surface area contributed by atoms with Gasteiger partial charge in [0.1, 0.15) is 0 Å². The lowest BCUT2D eigenvalue weighted by Crippen LogP contribution is -2.67. The van der Waals surface area contributed by atoms with E-state index < -0.39 is 5.54 Å². The summed E-state index contributed by atoms with van der Waals surface area (Å²) in [5.41, 5.74) is 4.42. The van der Waals surface area contributed by atoms with Crippen molar-refractivity contribution in [2.24, 2.45) is 0 Å². The minimum absolute atomic E-state index is 0.0261. The van der Waals surface area contributed by atoms with Crippen molar-refractivity contribution in [3.63, 3.8) is 0 Å². The highest BCUT2D eigenvalue weighted by molar-refractivity contribution is 6.01. The monoisotopic (exact) mass is 429 g/mol. The number of para-hydroxylation sites is 1. The van der Waals surface area contributed by atoms with Gasteiger partial charge >= 0.3 is 0 Å². The van der Waals surface area contributed by atoms with Gasteiger partial charge in [-0.25, -0.2) is 0 Å². The smallest absolute Gasteiger partial charge is 0.254 e. The summed E-state index contributed by atoms with van der Waals surface area (Å²) in [5.74, 6) is 0.0894. The summed E-state index contributed by atoms with van der Waals surface area (Å²) in [5, 5.41) is 1.14. The van der Waals surface area contributed by atoms with Crippen LogP contribution in [0, 0.1) is 6.92 Å². The van der Waals surface area contributed by atoms with E-state index in [1.54, 1.807) is 4.90 Å². The zero-order valence-corrected chi connectivity index (χ0v) is 19.1. The number of carbonyl (C=O) groups excluding carboxylic acids is 2. The molecular formula is C27H31N3O2. The Kier molecular flexibility index (Phi) is 5.07. The molecule has 2 atom stereocenters. The van der Waals surface area contributed by atoms with Crippen molar-refractivity contribution in [3.8, 4) is 0 Å². The molecule has 1 aromatic heterocycles. The van der Waals surface area contributed by atoms with Crippen LogP contribution in [-0.2, 0) is 15.1 Å². The Labute approximate surface area is 189 Å². The van der Waals surface area contributed by atoms with Gasteiger partial charge in [0.15, 0.2) is 5.54 Å². The van der Waals surface area contributed by atoms with Gasteiger partial charge < -0.3 is 14.8 Å². The normalized spacial score (nSPS) is 22.9. The Hall–Kier alpha value is -3.08. The minimum atomic E-state index is -1.00. The first-order valence-corrected chi connectivity index (χ1v) is 11.7. The number of hydrogen-bond acceptors (Lipinski definition) is 2. The Bertz CT molecular complexity index is 1180. The molecule has 32 heavy (non-hydrogen) atoms. The highest BCUT2D eigenvalue weighted by Crippen LogP contribution is 2.48. The fraction of sp³-hybridized carbons (Fsp3) is 0.407. The topological polar surface area (TPSA) is 56.4 Å².